The van der Waals surface area contributed by atoms with Crippen LogP contribution in [-0.2, 0) is 9.53 Å². The van der Waals surface area contributed by atoms with E-state index in [4.69, 9.17) is 4.74 Å². The first-order valence-electron chi connectivity index (χ1n) is 7.33. The minimum atomic E-state index is -0.464. The SMILES string of the molecule is CCCCCCOC(=O)CCNC(=O)c1cccc(F)c1. The van der Waals surface area contributed by atoms with Crippen LogP contribution < -0.4 is 5.32 Å². The molecule has 5 heteroatoms. The van der Waals surface area contributed by atoms with Crippen LogP contribution in [0.1, 0.15) is 49.4 Å². The van der Waals surface area contributed by atoms with E-state index >= 15 is 0 Å². The molecule has 21 heavy (non-hydrogen) atoms. The van der Waals surface area contributed by atoms with Crippen molar-refractivity contribution in [1.29, 1.82) is 0 Å². The molecule has 0 saturated carbocycles. The molecule has 1 aromatic carbocycles. The number of benzene rings is 1. The molecule has 0 aliphatic rings. The van der Waals surface area contributed by atoms with Crippen molar-refractivity contribution in [2.75, 3.05) is 13.2 Å². The Kier molecular flexibility index (Phi) is 8.09. The summed E-state index contributed by atoms with van der Waals surface area (Å²) in [5.41, 5.74) is 0.239. The second-order valence-corrected chi connectivity index (χ2v) is 4.80. The highest BCUT2D eigenvalue weighted by Gasteiger charge is 2.08. The fraction of sp³-hybridized carbons (Fsp3) is 0.500. The van der Waals surface area contributed by atoms with E-state index in [0.29, 0.717) is 6.61 Å². The van der Waals surface area contributed by atoms with Gasteiger partial charge in [-0.05, 0) is 24.6 Å². The van der Waals surface area contributed by atoms with Crippen LogP contribution in [0.4, 0.5) is 4.39 Å². The van der Waals surface area contributed by atoms with Crippen molar-refractivity contribution in [3.63, 3.8) is 0 Å². The second kappa shape index (κ2) is 9.91. The third-order valence-corrected chi connectivity index (χ3v) is 2.96. The van der Waals surface area contributed by atoms with Gasteiger partial charge in [-0.2, -0.15) is 0 Å². The zero-order valence-electron chi connectivity index (χ0n) is 12.4. The van der Waals surface area contributed by atoms with Crippen molar-refractivity contribution in [2.45, 2.75) is 39.0 Å². The number of rotatable bonds is 9. The summed E-state index contributed by atoms with van der Waals surface area (Å²) in [6.07, 6.45) is 4.32. The van der Waals surface area contributed by atoms with Gasteiger partial charge in [-0.25, -0.2) is 4.39 Å². The van der Waals surface area contributed by atoms with Crippen LogP contribution in [0.15, 0.2) is 24.3 Å². The number of hydrogen-bond donors (Lipinski definition) is 1. The minimum absolute atomic E-state index is 0.120. The number of amides is 1. The van der Waals surface area contributed by atoms with Gasteiger partial charge < -0.3 is 10.1 Å². The standard InChI is InChI=1S/C16H22FNO3/c1-2-3-4-5-11-21-15(19)9-10-18-16(20)13-7-6-8-14(17)12-13/h6-8,12H,2-5,9-11H2,1H3,(H,18,20). The average molecular weight is 295 g/mol. The Morgan fingerprint density at radius 2 is 2.05 bits per heavy atom. The maximum absolute atomic E-state index is 13.0. The first-order chi connectivity index (χ1) is 10.1. The molecule has 1 rings (SSSR count). The van der Waals surface area contributed by atoms with Gasteiger partial charge in [-0.1, -0.05) is 32.3 Å². The molecule has 0 aliphatic heterocycles. The first-order valence-corrected chi connectivity index (χ1v) is 7.33. The molecular formula is C16H22FNO3. The largest absolute Gasteiger partial charge is 0.466 e. The molecule has 0 aromatic heterocycles. The van der Waals surface area contributed by atoms with Gasteiger partial charge in [-0.3, -0.25) is 9.59 Å². The van der Waals surface area contributed by atoms with Gasteiger partial charge in [0.15, 0.2) is 0 Å². The third-order valence-electron chi connectivity index (χ3n) is 2.96. The molecule has 0 fully saturated rings. The average Bonchev–Trinajstić information content (AvgIpc) is 2.47. The van der Waals surface area contributed by atoms with Crippen LogP contribution in [-0.4, -0.2) is 25.0 Å². The number of esters is 1. The molecule has 1 aromatic rings. The lowest BCUT2D eigenvalue weighted by atomic mass is 10.2. The highest BCUT2D eigenvalue weighted by atomic mass is 19.1. The smallest absolute Gasteiger partial charge is 0.307 e. The predicted molar refractivity (Wildman–Crippen MR) is 78.5 cm³/mol. The summed E-state index contributed by atoms with van der Waals surface area (Å²) in [6.45, 7) is 2.73. The summed E-state index contributed by atoms with van der Waals surface area (Å²) in [5.74, 6) is -1.19. The summed E-state index contributed by atoms with van der Waals surface area (Å²) < 4.78 is 18.0. The van der Waals surface area contributed by atoms with Gasteiger partial charge >= 0.3 is 5.97 Å². The molecule has 1 N–H and O–H groups in total. The molecule has 116 valence electrons. The third kappa shape index (κ3) is 7.44. The summed E-state index contributed by atoms with van der Waals surface area (Å²) in [4.78, 5) is 23.1. The van der Waals surface area contributed by atoms with Crippen molar-refractivity contribution in [3.8, 4) is 0 Å². The number of carbonyl (C=O) groups is 2. The van der Waals surface area contributed by atoms with E-state index < -0.39 is 11.7 Å². The van der Waals surface area contributed by atoms with E-state index in [9.17, 15) is 14.0 Å². The van der Waals surface area contributed by atoms with Crippen LogP contribution in [0, 0.1) is 5.82 Å². The number of nitrogens with one attached hydrogen (secondary N) is 1. The Morgan fingerprint density at radius 3 is 2.76 bits per heavy atom. The summed E-state index contributed by atoms with van der Waals surface area (Å²) in [5, 5.41) is 2.56. The van der Waals surface area contributed by atoms with Gasteiger partial charge in [0.25, 0.3) is 5.91 Å². The number of unbranched alkanes of at least 4 members (excludes halogenated alkanes) is 3. The molecule has 0 atom stereocenters. The van der Waals surface area contributed by atoms with Crippen LogP contribution in [0.3, 0.4) is 0 Å². The number of ether oxygens (including phenoxy) is 1. The molecule has 0 saturated heterocycles. The fourth-order valence-corrected chi connectivity index (χ4v) is 1.80. The van der Waals surface area contributed by atoms with Gasteiger partial charge in [0, 0.05) is 12.1 Å². The highest BCUT2D eigenvalue weighted by molar-refractivity contribution is 5.94. The zero-order chi connectivity index (χ0) is 15.5. The van der Waals surface area contributed by atoms with Crippen LogP contribution in [0.25, 0.3) is 0 Å². The summed E-state index contributed by atoms with van der Waals surface area (Å²) in [6, 6.07) is 5.41. The number of halogens is 1. The van der Waals surface area contributed by atoms with Crippen molar-refractivity contribution >= 4 is 11.9 Å². The molecule has 0 heterocycles. The van der Waals surface area contributed by atoms with Crippen molar-refractivity contribution in [3.05, 3.63) is 35.6 Å². The van der Waals surface area contributed by atoms with Gasteiger partial charge in [0.2, 0.25) is 0 Å². The van der Waals surface area contributed by atoms with Gasteiger partial charge in [-0.15, -0.1) is 0 Å². The quantitative estimate of drug-likeness (QED) is 0.562. The van der Waals surface area contributed by atoms with Crippen LogP contribution >= 0.6 is 0 Å². The highest BCUT2D eigenvalue weighted by Crippen LogP contribution is 2.03. The molecule has 0 aliphatic carbocycles. The Bertz CT molecular complexity index is 463. The van der Waals surface area contributed by atoms with E-state index in [0.717, 1.165) is 31.7 Å². The van der Waals surface area contributed by atoms with E-state index in [1.807, 2.05) is 0 Å². The van der Waals surface area contributed by atoms with E-state index in [1.165, 1.54) is 18.2 Å². The molecule has 0 spiro atoms. The Balaban J connectivity index is 2.15. The van der Waals surface area contributed by atoms with Gasteiger partial charge in [0.1, 0.15) is 5.82 Å². The second-order valence-electron chi connectivity index (χ2n) is 4.80. The molecular weight excluding hydrogens is 273 g/mol. The van der Waals surface area contributed by atoms with E-state index in [1.54, 1.807) is 0 Å². The molecule has 1 amide bonds. The maximum Gasteiger partial charge on any atom is 0.307 e. The minimum Gasteiger partial charge on any atom is -0.466 e. The van der Waals surface area contributed by atoms with Crippen LogP contribution in [0.5, 0.6) is 0 Å². The molecule has 0 bridgehead atoms. The Morgan fingerprint density at radius 1 is 1.24 bits per heavy atom. The Labute approximate surface area is 124 Å². The zero-order valence-corrected chi connectivity index (χ0v) is 12.4. The van der Waals surface area contributed by atoms with Gasteiger partial charge in [0.05, 0.1) is 13.0 Å². The Hall–Kier alpha value is -1.91. The lowest BCUT2D eigenvalue weighted by Crippen LogP contribution is -2.26. The first kappa shape index (κ1) is 17.1. The molecule has 0 unspecified atom stereocenters. The van der Waals surface area contributed by atoms with Crippen molar-refractivity contribution < 1.29 is 18.7 Å². The lowest BCUT2D eigenvalue weighted by Gasteiger charge is -2.06. The predicted octanol–water partition coefficient (Wildman–Crippen LogP) is 3.07. The number of carbonyl (C=O) groups excluding carboxylic acids is 2. The van der Waals surface area contributed by atoms with Crippen molar-refractivity contribution in [1.82, 2.24) is 5.32 Å². The fourth-order valence-electron chi connectivity index (χ4n) is 1.80. The topological polar surface area (TPSA) is 55.4 Å². The molecule has 4 nitrogen and oxygen atoms in total. The van der Waals surface area contributed by atoms with E-state index in [2.05, 4.69) is 12.2 Å². The monoisotopic (exact) mass is 295 g/mol. The summed E-state index contributed by atoms with van der Waals surface area (Å²) >= 11 is 0. The molecule has 0 radical (unpaired) electrons. The maximum atomic E-state index is 13.0. The van der Waals surface area contributed by atoms with Crippen LogP contribution in [0.2, 0.25) is 0 Å². The number of hydrogen-bond acceptors (Lipinski definition) is 3. The normalized spacial score (nSPS) is 10.2. The van der Waals surface area contributed by atoms with Crippen molar-refractivity contribution in [2.24, 2.45) is 0 Å². The lowest BCUT2D eigenvalue weighted by molar-refractivity contribution is -0.143. The van der Waals surface area contributed by atoms with E-state index in [-0.39, 0.29) is 24.5 Å². The summed E-state index contributed by atoms with van der Waals surface area (Å²) in [7, 11) is 0.